The van der Waals surface area contributed by atoms with E-state index in [-0.39, 0.29) is 6.03 Å². The smallest absolute Gasteiger partial charge is 0.317 e. The van der Waals surface area contributed by atoms with E-state index in [9.17, 15) is 4.79 Å². The lowest BCUT2D eigenvalue weighted by Crippen LogP contribution is -2.39. The van der Waals surface area contributed by atoms with Gasteiger partial charge in [0.1, 0.15) is 13.2 Å². The van der Waals surface area contributed by atoms with E-state index in [1.54, 1.807) is 30.4 Å². The number of benzene rings is 1. The number of rotatable bonds is 6. The van der Waals surface area contributed by atoms with E-state index in [2.05, 4.69) is 20.6 Å². The van der Waals surface area contributed by atoms with Gasteiger partial charge in [-0.1, -0.05) is 6.07 Å². The summed E-state index contributed by atoms with van der Waals surface area (Å²) in [6.45, 7) is 2.62. The Morgan fingerprint density at radius 3 is 2.72 bits per heavy atom. The van der Waals surface area contributed by atoms with Crippen LogP contribution in [0.1, 0.15) is 5.56 Å². The molecule has 2 heterocycles. The first kappa shape index (κ1) is 16.8. The van der Waals surface area contributed by atoms with Crippen LogP contribution in [0.5, 0.6) is 11.5 Å². The Labute approximate surface area is 146 Å². The van der Waals surface area contributed by atoms with Crippen LogP contribution in [-0.2, 0) is 6.54 Å². The topological polar surface area (TPSA) is 88.6 Å². The first-order valence-electron chi connectivity index (χ1n) is 8.11. The zero-order valence-electron chi connectivity index (χ0n) is 14.1. The molecule has 132 valence electrons. The molecule has 2 amide bonds. The van der Waals surface area contributed by atoms with Crippen LogP contribution in [0.25, 0.3) is 0 Å². The van der Waals surface area contributed by atoms with E-state index in [0.29, 0.717) is 38.8 Å². The second kappa shape index (κ2) is 8.18. The molecule has 25 heavy (non-hydrogen) atoms. The van der Waals surface area contributed by atoms with E-state index >= 15 is 0 Å². The van der Waals surface area contributed by atoms with E-state index in [4.69, 9.17) is 9.47 Å². The highest BCUT2D eigenvalue weighted by Crippen LogP contribution is 2.30. The molecule has 0 spiro atoms. The number of amides is 2. The predicted octanol–water partition coefficient (Wildman–Crippen LogP) is 1.50. The molecule has 2 aromatic rings. The Balaban J connectivity index is 1.43. The molecule has 0 bridgehead atoms. The molecule has 1 aromatic heterocycles. The molecule has 8 heteroatoms. The van der Waals surface area contributed by atoms with Crippen LogP contribution in [-0.4, -0.2) is 54.2 Å². The number of hydrogen-bond donors (Lipinski definition) is 2. The highest BCUT2D eigenvalue weighted by molar-refractivity contribution is 5.73. The quantitative estimate of drug-likeness (QED) is 0.773. The van der Waals surface area contributed by atoms with Crippen molar-refractivity contribution >= 4 is 12.0 Å². The van der Waals surface area contributed by atoms with Gasteiger partial charge in [0.15, 0.2) is 11.5 Å². The fraction of sp³-hybridized carbons (Fsp3) is 0.353. The maximum absolute atomic E-state index is 12.1. The molecular formula is C17H21N5O3. The van der Waals surface area contributed by atoms with Gasteiger partial charge in [-0.2, -0.15) is 0 Å². The average Bonchev–Trinajstić information content (AvgIpc) is 2.65. The number of hydrogen-bond acceptors (Lipinski definition) is 6. The van der Waals surface area contributed by atoms with Crippen LogP contribution in [0.3, 0.4) is 0 Å². The SMILES string of the molecule is CN(Cc1ccc2c(c1)OCCO2)C(=O)NCCNc1ncccn1. The number of nitrogens with one attached hydrogen (secondary N) is 2. The van der Waals surface area contributed by atoms with Crippen molar-refractivity contribution in [1.82, 2.24) is 20.2 Å². The molecule has 0 radical (unpaired) electrons. The molecule has 8 nitrogen and oxygen atoms in total. The average molecular weight is 343 g/mol. The predicted molar refractivity (Wildman–Crippen MR) is 92.8 cm³/mol. The third-order valence-electron chi connectivity index (χ3n) is 3.62. The molecule has 2 N–H and O–H groups in total. The second-order valence-corrected chi connectivity index (χ2v) is 5.57. The van der Waals surface area contributed by atoms with E-state index < -0.39 is 0 Å². The van der Waals surface area contributed by atoms with Gasteiger partial charge in [-0.15, -0.1) is 0 Å². The molecule has 1 aliphatic heterocycles. The van der Waals surface area contributed by atoms with Crippen molar-refractivity contribution in [2.24, 2.45) is 0 Å². The molecule has 0 saturated carbocycles. The maximum atomic E-state index is 12.1. The Bertz CT molecular complexity index is 711. The number of nitrogens with zero attached hydrogens (tertiary/aromatic N) is 3. The monoisotopic (exact) mass is 343 g/mol. The highest BCUT2D eigenvalue weighted by Gasteiger charge is 2.14. The third kappa shape index (κ3) is 4.72. The van der Waals surface area contributed by atoms with Gasteiger partial charge >= 0.3 is 6.03 Å². The number of urea groups is 1. The summed E-state index contributed by atoms with van der Waals surface area (Å²) in [5, 5.41) is 5.89. The van der Waals surface area contributed by atoms with E-state index in [0.717, 1.165) is 17.1 Å². The van der Waals surface area contributed by atoms with Gasteiger partial charge in [-0.05, 0) is 23.8 Å². The number of aromatic nitrogens is 2. The second-order valence-electron chi connectivity index (χ2n) is 5.57. The molecule has 0 aliphatic carbocycles. The first-order valence-corrected chi connectivity index (χ1v) is 8.11. The fourth-order valence-electron chi connectivity index (χ4n) is 2.40. The Morgan fingerprint density at radius 1 is 1.16 bits per heavy atom. The number of carbonyl (C=O) groups is 1. The molecular weight excluding hydrogens is 322 g/mol. The van der Waals surface area contributed by atoms with Crippen LogP contribution >= 0.6 is 0 Å². The zero-order chi connectivity index (χ0) is 17.5. The van der Waals surface area contributed by atoms with Crippen molar-refractivity contribution in [3.8, 4) is 11.5 Å². The van der Waals surface area contributed by atoms with Gasteiger partial charge in [-0.3, -0.25) is 0 Å². The van der Waals surface area contributed by atoms with Crippen molar-refractivity contribution in [2.45, 2.75) is 6.54 Å². The number of anilines is 1. The summed E-state index contributed by atoms with van der Waals surface area (Å²) in [6, 6.07) is 7.32. The minimum Gasteiger partial charge on any atom is -0.486 e. The normalized spacial score (nSPS) is 12.4. The maximum Gasteiger partial charge on any atom is 0.317 e. The van der Waals surface area contributed by atoms with Crippen molar-refractivity contribution in [3.63, 3.8) is 0 Å². The lowest BCUT2D eigenvalue weighted by atomic mass is 10.2. The summed E-state index contributed by atoms with van der Waals surface area (Å²) >= 11 is 0. The fourth-order valence-corrected chi connectivity index (χ4v) is 2.40. The summed E-state index contributed by atoms with van der Waals surface area (Å²) in [6.07, 6.45) is 3.32. The van der Waals surface area contributed by atoms with Crippen LogP contribution in [0.15, 0.2) is 36.7 Å². The largest absolute Gasteiger partial charge is 0.486 e. The number of fused-ring (bicyclic) bond motifs is 1. The standard InChI is InChI=1S/C17H21N5O3/c1-22(12-13-3-4-14-15(11-13)25-10-9-24-14)17(23)21-8-7-20-16-18-5-2-6-19-16/h2-6,11H,7-10,12H2,1H3,(H,21,23)(H,18,19,20). The summed E-state index contributed by atoms with van der Waals surface area (Å²) in [5.41, 5.74) is 0.984. The molecule has 0 saturated heterocycles. The summed E-state index contributed by atoms with van der Waals surface area (Å²) in [5.74, 6) is 2.02. The van der Waals surface area contributed by atoms with Crippen LogP contribution < -0.4 is 20.1 Å². The van der Waals surface area contributed by atoms with E-state index in [1.807, 2.05) is 18.2 Å². The van der Waals surface area contributed by atoms with Crippen molar-refractivity contribution in [1.29, 1.82) is 0 Å². The lowest BCUT2D eigenvalue weighted by molar-refractivity contribution is 0.171. The molecule has 3 rings (SSSR count). The van der Waals surface area contributed by atoms with Gasteiger partial charge in [0.25, 0.3) is 0 Å². The van der Waals surface area contributed by atoms with Crippen LogP contribution in [0.2, 0.25) is 0 Å². The van der Waals surface area contributed by atoms with Gasteiger partial charge in [0, 0.05) is 39.1 Å². The molecule has 0 fully saturated rings. The van der Waals surface area contributed by atoms with Crippen molar-refractivity contribution < 1.29 is 14.3 Å². The molecule has 1 aliphatic rings. The Morgan fingerprint density at radius 2 is 1.92 bits per heavy atom. The lowest BCUT2D eigenvalue weighted by Gasteiger charge is -2.21. The number of carbonyl (C=O) groups excluding carboxylic acids is 1. The zero-order valence-corrected chi connectivity index (χ0v) is 14.1. The van der Waals surface area contributed by atoms with Crippen molar-refractivity contribution in [3.05, 3.63) is 42.2 Å². The highest BCUT2D eigenvalue weighted by atomic mass is 16.6. The van der Waals surface area contributed by atoms with E-state index in [1.165, 1.54) is 0 Å². The van der Waals surface area contributed by atoms with Gasteiger partial charge in [0.2, 0.25) is 5.95 Å². The minimum absolute atomic E-state index is 0.148. The van der Waals surface area contributed by atoms with Crippen LogP contribution in [0, 0.1) is 0 Å². The first-order chi connectivity index (χ1) is 12.2. The summed E-state index contributed by atoms with van der Waals surface area (Å²) in [4.78, 5) is 21.9. The minimum atomic E-state index is -0.148. The molecule has 0 unspecified atom stereocenters. The summed E-state index contributed by atoms with van der Waals surface area (Å²) < 4.78 is 11.1. The van der Waals surface area contributed by atoms with Gasteiger partial charge < -0.3 is 25.0 Å². The molecule has 1 aromatic carbocycles. The van der Waals surface area contributed by atoms with Gasteiger partial charge in [-0.25, -0.2) is 14.8 Å². The third-order valence-corrected chi connectivity index (χ3v) is 3.62. The number of ether oxygens (including phenoxy) is 2. The Hall–Kier alpha value is -3.03. The van der Waals surface area contributed by atoms with Crippen molar-refractivity contribution in [2.75, 3.05) is 38.7 Å². The van der Waals surface area contributed by atoms with Gasteiger partial charge in [0.05, 0.1) is 0 Å². The van der Waals surface area contributed by atoms with Crippen LogP contribution in [0.4, 0.5) is 10.7 Å². The molecule has 0 atom stereocenters. The Kier molecular flexibility index (Phi) is 5.50. The summed E-state index contributed by atoms with van der Waals surface area (Å²) in [7, 11) is 1.75.